The van der Waals surface area contributed by atoms with Gasteiger partial charge in [-0.1, -0.05) is 19.1 Å². The van der Waals surface area contributed by atoms with Gasteiger partial charge >= 0.3 is 0 Å². The Hall–Kier alpha value is -2.36. The van der Waals surface area contributed by atoms with Gasteiger partial charge in [0.15, 0.2) is 0 Å². The topological polar surface area (TPSA) is 56.5 Å². The van der Waals surface area contributed by atoms with Crippen molar-refractivity contribution >= 4 is 11.4 Å². The maximum Gasteiger partial charge on any atom is 0.123 e. The lowest BCUT2D eigenvalue weighted by Crippen LogP contribution is -2.02. The van der Waals surface area contributed by atoms with E-state index >= 15 is 0 Å². The number of benzene rings is 2. The van der Waals surface area contributed by atoms with Gasteiger partial charge in [-0.05, 0) is 30.2 Å². The third-order valence-electron chi connectivity index (χ3n) is 3.03. The number of methoxy groups -OCH3 is 1. The number of nitrogens with two attached hydrogens (primary N) is 1. The van der Waals surface area contributed by atoms with Gasteiger partial charge in [0.25, 0.3) is 0 Å². The first-order valence-corrected chi connectivity index (χ1v) is 7.11. The van der Waals surface area contributed by atoms with Crippen LogP contribution in [0.15, 0.2) is 42.5 Å². The van der Waals surface area contributed by atoms with E-state index in [1.807, 2.05) is 36.4 Å². The molecule has 0 aliphatic carbocycles. The fourth-order valence-corrected chi connectivity index (χ4v) is 2.01. The number of anilines is 2. The molecule has 0 radical (unpaired) electrons. The van der Waals surface area contributed by atoms with Gasteiger partial charge in [0, 0.05) is 30.1 Å². The van der Waals surface area contributed by atoms with Crippen LogP contribution in [0, 0.1) is 0 Å². The van der Waals surface area contributed by atoms with Crippen LogP contribution in [-0.4, -0.2) is 13.7 Å². The molecule has 0 aromatic heterocycles. The standard InChI is InChI=1S/C17H22N2O2/c1-3-7-21-17-10-14(18)9-15(11-17)19-12-13-5-4-6-16(8-13)20-2/h4-6,8-11,19H,3,7,12,18H2,1-2H3. The number of nitrogen functional groups attached to an aromatic ring is 1. The molecule has 0 aliphatic heterocycles. The van der Waals surface area contributed by atoms with Crippen molar-refractivity contribution in [1.29, 1.82) is 0 Å². The smallest absolute Gasteiger partial charge is 0.123 e. The van der Waals surface area contributed by atoms with Gasteiger partial charge in [-0.25, -0.2) is 0 Å². The predicted octanol–water partition coefficient (Wildman–Crippen LogP) is 3.68. The van der Waals surface area contributed by atoms with Crippen LogP contribution in [0.3, 0.4) is 0 Å². The molecule has 0 amide bonds. The lowest BCUT2D eigenvalue weighted by Gasteiger charge is -2.11. The maximum absolute atomic E-state index is 5.91. The molecule has 112 valence electrons. The first kappa shape index (κ1) is 15.0. The van der Waals surface area contributed by atoms with Crippen LogP contribution in [-0.2, 0) is 6.54 Å². The Morgan fingerprint density at radius 2 is 1.95 bits per heavy atom. The summed E-state index contributed by atoms with van der Waals surface area (Å²) in [5.41, 5.74) is 8.69. The van der Waals surface area contributed by atoms with Gasteiger partial charge in [-0.3, -0.25) is 0 Å². The van der Waals surface area contributed by atoms with Crippen LogP contribution >= 0.6 is 0 Å². The largest absolute Gasteiger partial charge is 0.497 e. The van der Waals surface area contributed by atoms with Crippen molar-refractivity contribution in [2.75, 3.05) is 24.8 Å². The molecule has 0 bridgehead atoms. The van der Waals surface area contributed by atoms with E-state index in [2.05, 4.69) is 18.3 Å². The number of hydrogen-bond donors (Lipinski definition) is 2. The zero-order valence-corrected chi connectivity index (χ0v) is 12.6. The normalized spacial score (nSPS) is 10.2. The van der Waals surface area contributed by atoms with Crippen LogP contribution in [0.4, 0.5) is 11.4 Å². The molecule has 4 heteroatoms. The number of nitrogens with one attached hydrogen (secondary N) is 1. The fraction of sp³-hybridized carbons (Fsp3) is 0.294. The second-order valence-electron chi connectivity index (χ2n) is 4.84. The third-order valence-corrected chi connectivity index (χ3v) is 3.03. The first-order valence-electron chi connectivity index (χ1n) is 7.11. The molecule has 0 fully saturated rings. The van der Waals surface area contributed by atoms with E-state index in [1.54, 1.807) is 7.11 Å². The summed E-state index contributed by atoms with van der Waals surface area (Å²) in [6.45, 7) is 3.47. The van der Waals surface area contributed by atoms with Gasteiger partial charge in [-0.2, -0.15) is 0 Å². The summed E-state index contributed by atoms with van der Waals surface area (Å²) < 4.78 is 10.8. The second kappa shape index (κ2) is 7.43. The van der Waals surface area contributed by atoms with E-state index in [1.165, 1.54) is 0 Å². The van der Waals surface area contributed by atoms with Crippen LogP contribution in [0.5, 0.6) is 11.5 Å². The first-order chi connectivity index (χ1) is 10.2. The molecule has 0 saturated heterocycles. The van der Waals surface area contributed by atoms with Crippen molar-refractivity contribution in [3.63, 3.8) is 0 Å². The monoisotopic (exact) mass is 286 g/mol. The quantitative estimate of drug-likeness (QED) is 0.762. The minimum absolute atomic E-state index is 0.691. The van der Waals surface area contributed by atoms with Crippen molar-refractivity contribution in [3.8, 4) is 11.5 Å². The van der Waals surface area contributed by atoms with E-state index in [0.717, 1.165) is 29.2 Å². The van der Waals surface area contributed by atoms with Gasteiger partial charge in [0.1, 0.15) is 11.5 Å². The van der Waals surface area contributed by atoms with E-state index in [-0.39, 0.29) is 0 Å². The lowest BCUT2D eigenvalue weighted by atomic mass is 10.2. The van der Waals surface area contributed by atoms with Crippen molar-refractivity contribution in [2.45, 2.75) is 19.9 Å². The molecule has 0 atom stereocenters. The molecule has 0 heterocycles. The van der Waals surface area contributed by atoms with Gasteiger partial charge in [0.05, 0.1) is 13.7 Å². The average molecular weight is 286 g/mol. The Morgan fingerprint density at radius 1 is 1.10 bits per heavy atom. The number of rotatable bonds is 7. The summed E-state index contributed by atoms with van der Waals surface area (Å²) in [6.07, 6.45) is 0.974. The molecule has 3 N–H and O–H groups in total. The number of hydrogen-bond acceptors (Lipinski definition) is 4. The highest BCUT2D eigenvalue weighted by atomic mass is 16.5. The minimum Gasteiger partial charge on any atom is -0.497 e. The summed E-state index contributed by atoms with van der Waals surface area (Å²) in [5.74, 6) is 1.65. The zero-order valence-electron chi connectivity index (χ0n) is 12.6. The van der Waals surface area contributed by atoms with E-state index in [4.69, 9.17) is 15.2 Å². The Labute approximate surface area is 125 Å². The molecule has 0 unspecified atom stereocenters. The summed E-state index contributed by atoms with van der Waals surface area (Å²) >= 11 is 0. The third kappa shape index (κ3) is 4.60. The summed E-state index contributed by atoms with van der Waals surface area (Å²) in [6, 6.07) is 13.7. The Balaban J connectivity index is 2.03. The van der Waals surface area contributed by atoms with Gasteiger partial charge in [0.2, 0.25) is 0 Å². The van der Waals surface area contributed by atoms with Crippen LogP contribution in [0.2, 0.25) is 0 Å². The summed E-state index contributed by atoms with van der Waals surface area (Å²) in [5, 5.41) is 3.35. The van der Waals surface area contributed by atoms with E-state index in [9.17, 15) is 0 Å². The highest BCUT2D eigenvalue weighted by molar-refractivity contribution is 5.59. The van der Waals surface area contributed by atoms with E-state index in [0.29, 0.717) is 18.8 Å². The summed E-state index contributed by atoms with van der Waals surface area (Å²) in [4.78, 5) is 0. The Morgan fingerprint density at radius 3 is 2.71 bits per heavy atom. The highest BCUT2D eigenvalue weighted by Crippen LogP contribution is 2.23. The lowest BCUT2D eigenvalue weighted by molar-refractivity contribution is 0.318. The molecule has 0 saturated carbocycles. The van der Waals surface area contributed by atoms with Crippen molar-refractivity contribution in [2.24, 2.45) is 0 Å². The molecule has 0 spiro atoms. The maximum atomic E-state index is 5.91. The molecular weight excluding hydrogens is 264 g/mol. The fourth-order valence-electron chi connectivity index (χ4n) is 2.01. The van der Waals surface area contributed by atoms with Gasteiger partial charge in [-0.15, -0.1) is 0 Å². The zero-order chi connectivity index (χ0) is 15.1. The molecule has 2 rings (SSSR count). The van der Waals surface area contributed by atoms with Crippen molar-refractivity contribution in [1.82, 2.24) is 0 Å². The summed E-state index contributed by atoms with van der Waals surface area (Å²) in [7, 11) is 1.67. The molecule has 2 aromatic rings. The van der Waals surface area contributed by atoms with Crippen molar-refractivity contribution < 1.29 is 9.47 Å². The molecular formula is C17H22N2O2. The SMILES string of the molecule is CCCOc1cc(N)cc(NCc2cccc(OC)c2)c1. The average Bonchev–Trinajstić information content (AvgIpc) is 2.50. The minimum atomic E-state index is 0.691. The van der Waals surface area contributed by atoms with Crippen LogP contribution in [0.1, 0.15) is 18.9 Å². The predicted molar refractivity (Wildman–Crippen MR) is 87.0 cm³/mol. The van der Waals surface area contributed by atoms with Crippen LogP contribution in [0.25, 0.3) is 0 Å². The number of ether oxygens (including phenoxy) is 2. The highest BCUT2D eigenvalue weighted by Gasteiger charge is 2.01. The second-order valence-corrected chi connectivity index (χ2v) is 4.84. The van der Waals surface area contributed by atoms with E-state index < -0.39 is 0 Å². The van der Waals surface area contributed by atoms with Crippen molar-refractivity contribution in [3.05, 3.63) is 48.0 Å². The molecule has 4 nitrogen and oxygen atoms in total. The van der Waals surface area contributed by atoms with Crippen LogP contribution < -0.4 is 20.5 Å². The Kier molecular flexibility index (Phi) is 5.32. The molecule has 0 aliphatic rings. The Bertz CT molecular complexity index is 585. The molecule has 2 aromatic carbocycles. The molecule has 21 heavy (non-hydrogen) atoms. The van der Waals surface area contributed by atoms with Gasteiger partial charge < -0.3 is 20.5 Å².